The summed E-state index contributed by atoms with van der Waals surface area (Å²) >= 11 is 0. The van der Waals surface area contributed by atoms with Crippen LogP contribution in [0.25, 0.3) is 11.1 Å². The van der Waals surface area contributed by atoms with E-state index in [1.54, 1.807) is 0 Å². The van der Waals surface area contributed by atoms with Crippen LogP contribution in [0.5, 0.6) is 0 Å². The van der Waals surface area contributed by atoms with Gasteiger partial charge in [0.05, 0.1) is 11.4 Å². The molecule has 1 saturated carbocycles. The van der Waals surface area contributed by atoms with Crippen molar-refractivity contribution in [2.45, 2.75) is 57.3 Å². The first-order chi connectivity index (χ1) is 10.8. The van der Waals surface area contributed by atoms with Crippen molar-refractivity contribution in [2.75, 3.05) is 0 Å². The van der Waals surface area contributed by atoms with Crippen LogP contribution in [0.15, 0.2) is 42.5 Å². The number of para-hydroxylation sites is 2. The summed E-state index contributed by atoms with van der Waals surface area (Å²) in [5.74, 6) is 0. The van der Waals surface area contributed by atoms with E-state index < -0.39 is 0 Å². The van der Waals surface area contributed by atoms with E-state index in [1.807, 2.05) is 0 Å². The minimum absolute atomic E-state index is 0.289. The average molecular weight is 290 g/mol. The van der Waals surface area contributed by atoms with Gasteiger partial charge in [-0.2, -0.15) is 0 Å². The van der Waals surface area contributed by atoms with Crippen LogP contribution in [0, 0.1) is 0 Å². The molecule has 2 aromatic carbocycles. The Labute approximate surface area is 133 Å². The molecule has 1 aliphatic heterocycles. The van der Waals surface area contributed by atoms with Gasteiger partial charge < -0.3 is 0 Å². The number of hydrogen-bond acceptors (Lipinski definition) is 0. The topological polar surface area (TPSA) is 14.1 Å². The maximum absolute atomic E-state index is 4.99. The molecule has 1 heteroatoms. The van der Waals surface area contributed by atoms with Crippen molar-refractivity contribution in [1.82, 2.24) is 5.32 Å². The predicted octanol–water partition coefficient (Wildman–Crippen LogP) is 6.24. The highest BCUT2D eigenvalue weighted by Gasteiger charge is 2.33. The highest BCUT2D eigenvalue weighted by Crippen LogP contribution is 2.49. The van der Waals surface area contributed by atoms with E-state index in [9.17, 15) is 0 Å². The summed E-state index contributed by atoms with van der Waals surface area (Å²) in [5, 5.41) is 4.99. The standard InChI is InChI=1S/C21H24N/c1-21(14-7-3-2-4-8-15-21)18-12-9-11-17-16-10-5-6-13-19(16)22-20(17)18/h5-6,9-13H,2-4,7-8,14-15H2,1H3. The number of nitrogens with zero attached hydrogens (tertiary/aromatic N) is 1. The molecule has 0 N–H and O–H groups in total. The molecule has 1 heterocycles. The molecule has 0 unspecified atom stereocenters. The van der Waals surface area contributed by atoms with Crippen molar-refractivity contribution in [3.8, 4) is 11.1 Å². The van der Waals surface area contributed by atoms with Crippen LogP contribution in [0.1, 0.15) is 57.4 Å². The first-order valence-electron chi connectivity index (χ1n) is 8.73. The van der Waals surface area contributed by atoms with Gasteiger partial charge in [0.15, 0.2) is 0 Å². The van der Waals surface area contributed by atoms with Crippen molar-refractivity contribution in [1.29, 1.82) is 0 Å². The van der Waals surface area contributed by atoms with E-state index in [0.717, 1.165) is 5.69 Å². The van der Waals surface area contributed by atoms with E-state index in [-0.39, 0.29) is 5.41 Å². The van der Waals surface area contributed by atoms with Gasteiger partial charge in [0.25, 0.3) is 0 Å². The highest BCUT2D eigenvalue weighted by atomic mass is 14.9. The average Bonchev–Trinajstić information content (AvgIpc) is 2.90. The lowest BCUT2D eigenvalue weighted by Gasteiger charge is -2.33. The van der Waals surface area contributed by atoms with Gasteiger partial charge >= 0.3 is 0 Å². The van der Waals surface area contributed by atoms with E-state index in [2.05, 4.69) is 49.4 Å². The van der Waals surface area contributed by atoms with Gasteiger partial charge in [-0.15, -0.1) is 0 Å². The molecule has 22 heavy (non-hydrogen) atoms. The molecule has 2 aromatic rings. The number of hydrogen-bond donors (Lipinski definition) is 0. The van der Waals surface area contributed by atoms with Gasteiger partial charge in [0.1, 0.15) is 0 Å². The van der Waals surface area contributed by atoms with Crippen LogP contribution < -0.4 is 5.32 Å². The lowest BCUT2D eigenvalue weighted by molar-refractivity contribution is 0.341. The molecule has 0 atom stereocenters. The van der Waals surface area contributed by atoms with Gasteiger partial charge in [-0.3, -0.25) is 0 Å². The predicted molar refractivity (Wildman–Crippen MR) is 93.0 cm³/mol. The maximum Gasteiger partial charge on any atom is 0.0753 e. The monoisotopic (exact) mass is 290 g/mol. The molecule has 1 radical (unpaired) electrons. The molecule has 2 aliphatic rings. The fraction of sp³-hybridized carbons (Fsp3) is 0.429. The molecule has 1 aliphatic carbocycles. The number of benzene rings is 2. The van der Waals surface area contributed by atoms with Crippen LogP contribution in [-0.2, 0) is 5.41 Å². The number of fused-ring (bicyclic) bond motifs is 3. The van der Waals surface area contributed by atoms with E-state index >= 15 is 0 Å². The molecule has 0 amide bonds. The smallest absolute Gasteiger partial charge is 0.0753 e. The molecule has 1 fully saturated rings. The lowest BCUT2D eigenvalue weighted by Crippen LogP contribution is -2.24. The summed E-state index contributed by atoms with van der Waals surface area (Å²) in [5.41, 5.74) is 6.77. The van der Waals surface area contributed by atoms with Crippen molar-refractivity contribution < 1.29 is 0 Å². The van der Waals surface area contributed by atoms with Crippen LogP contribution >= 0.6 is 0 Å². The van der Waals surface area contributed by atoms with Crippen molar-refractivity contribution in [3.63, 3.8) is 0 Å². The Morgan fingerprint density at radius 2 is 1.45 bits per heavy atom. The minimum Gasteiger partial charge on any atom is -0.247 e. The third-order valence-electron chi connectivity index (χ3n) is 5.57. The molecule has 1 nitrogen and oxygen atoms in total. The molecule has 0 saturated heterocycles. The second-order valence-corrected chi connectivity index (χ2v) is 7.16. The molecule has 0 spiro atoms. The zero-order chi connectivity index (χ0) is 15.0. The highest BCUT2D eigenvalue weighted by molar-refractivity contribution is 5.92. The van der Waals surface area contributed by atoms with Crippen molar-refractivity contribution >= 4 is 11.4 Å². The molecular weight excluding hydrogens is 266 g/mol. The van der Waals surface area contributed by atoms with Crippen LogP contribution in [0.3, 0.4) is 0 Å². The zero-order valence-electron chi connectivity index (χ0n) is 13.4. The van der Waals surface area contributed by atoms with Gasteiger partial charge in [0.2, 0.25) is 0 Å². The Kier molecular flexibility index (Phi) is 3.44. The molecule has 4 rings (SSSR count). The third kappa shape index (κ3) is 2.24. The second-order valence-electron chi connectivity index (χ2n) is 7.16. The lowest BCUT2D eigenvalue weighted by atomic mass is 9.72. The summed E-state index contributed by atoms with van der Waals surface area (Å²) in [6, 6.07) is 15.3. The largest absolute Gasteiger partial charge is 0.247 e. The Balaban J connectivity index is 1.78. The SMILES string of the molecule is CC1(c2cccc3c2[N]c2ccccc2-3)CCCCCCC1. The van der Waals surface area contributed by atoms with Crippen LogP contribution in [-0.4, -0.2) is 0 Å². The Morgan fingerprint density at radius 1 is 0.773 bits per heavy atom. The molecule has 0 bridgehead atoms. The van der Waals surface area contributed by atoms with E-state index in [1.165, 1.54) is 67.3 Å². The number of rotatable bonds is 1. The van der Waals surface area contributed by atoms with Gasteiger partial charge in [0, 0.05) is 11.1 Å². The Hall–Kier alpha value is -1.76. The normalized spacial score (nSPS) is 19.5. The molecule has 0 aromatic heterocycles. The summed E-state index contributed by atoms with van der Waals surface area (Å²) in [4.78, 5) is 0. The maximum atomic E-state index is 4.99. The summed E-state index contributed by atoms with van der Waals surface area (Å²) in [7, 11) is 0. The van der Waals surface area contributed by atoms with Gasteiger partial charge in [-0.05, 0) is 29.9 Å². The van der Waals surface area contributed by atoms with Crippen molar-refractivity contribution in [2.24, 2.45) is 0 Å². The fourth-order valence-electron chi connectivity index (χ4n) is 4.24. The van der Waals surface area contributed by atoms with E-state index in [0.29, 0.717) is 0 Å². The van der Waals surface area contributed by atoms with Gasteiger partial charge in [-0.25, -0.2) is 5.32 Å². The molecular formula is C21H24N. The van der Waals surface area contributed by atoms with Gasteiger partial charge in [-0.1, -0.05) is 75.4 Å². The minimum atomic E-state index is 0.289. The Bertz CT molecular complexity index is 678. The van der Waals surface area contributed by atoms with Crippen LogP contribution in [0.2, 0.25) is 0 Å². The first kappa shape index (κ1) is 13.9. The van der Waals surface area contributed by atoms with E-state index in [4.69, 9.17) is 5.32 Å². The second kappa shape index (κ2) is 5.46. The Morgan fingerprint density at radius 3 is 2.27 bits per heavy atom. The summed E-state index contributed by atoms with van der Waals surface area (Å²) in [6.45, 7) is 2.46. The summed E-state index contributed by atoms with van der Waals surface area (Å²) < 4.78 is 0. The third-order valence-corrected chi connectivity index (χ3v) is 5.57. The molecule has 113 valence electrons. The quantitative estimate of drug-likeness (QED) is 0.504. The van der Waals surface area contributed by atoms with Crippen LogP contribution in [0.4, 0.5) is 11.4 Å². The summed E-state index contributed by atoms with van der Waals surface area (Å²) in [6.07, 6.45) is 9.51. The van der Waals surface area contributed by atoms with Crippen molar-refractivity contribution in [3.05, 3.63) is 48.0 Å². The zero-order valence-corrected chi connectivity index (χ0v) is 13.4. The first-order valence-corrected chi connectivity index (χ1v) is 8.73. The fourth-order valence-corrected chi connectivity index (χ4v) is 4.24.